The number of ether oxygens (including phenoxy) is 2. The molecule has 0 aliphatic carbocycles. The van der Waals surface area contributed by atoms with Crippen LogP contribution in [0, 0.1) is 0 Å². The van der Waals surface area contributed by atoms with Crippen LogP contribution in [0.1, 0.15) is 25.3 Å². The molecule has 5 heteroatoms. The SMILES string of the molecule is CC(C)c1ccc(OCC(=O)NCCN2CCOCC2)cc1. The lowest BCUT2D eigenvalue weighted by Gasteiger charge is -2.26. The van der Waals surface area contributed by atoms with Crippen LogP contribution in [0.2, 0.25) is 0 Å². The van der Waals surface area contributed by atoms with E-state index in [2.05, 4.69) is 24.1 Å². The van der Waals surface area contributed by atoms with E-state index < -0.39 is 0 Å². The molecule has 1 aliphatic heterocycles. The molecule has 122 valence electrons. The molecule has 1 saturated heterocycles. The molecule has 0 spiro atoms. The van der Waals surface area contributed by atoms with Crippen LogP contribution in [0.4, 0.5) is 0 Å². The van der Waals surface area contributed by atoms with E-state index >= 15 is 0 Å². The first kappa shape index (κ1) is 16.8. The lowest BCUT2D eigenvalue weighted by Crippen LogP contribution is -2.42. The van der Waals surface area contributed by atoms with Gasteiger partial charge in [0.25, 0.3) is 5.91 Å². The second-order valence-electron chi connectivity index (χ2n) is 5.82. The fourth-order valence-corrected chi connectivity index (χ4v) is 2.33. The van der Waals surface area contributed by atoms with Gasteiger partial charge >= 0.3 is 0 Å². The zero-order chi connectivity index (χ0) is 15.8. The monoisotopic (exact) mass is 306 g/mol. The van der Waals surface area contributed by atoms with Crippen molar-refractivity contribution in [1.82, 2.24) is 10.2 Å². The van der Waals surface area contributed by atoms with Crippen LogP contribution >= 0.6 is 0 Å². The molecule has 22 heavy (non-hydrogen) atoms. The van der Waals surface area contributed by atoms with E-state index in [9.17, 15) is 4.79 Å². The zero-order valence-corrected chi connectivity index (χ0v) is 13.5. The normalized spacial score (nSPS) is 15.8. The van der Waals surface area contributed by atoms with Crippen molar-refractivity contribution in [1.29, 1.82) is 0 Å². The van der Waals surface area contributed by atoms with Crippen molar-refractivity contribution in [3.05, 3.63) is 29.8 Å². The molecule has 1 N–H and O–H groups in total. The number of morpholine rings is 1. The van der Waals surface area contributed by atoms with Crippen LogP contribution in [0.5, 0.6) is 5.75 Å². The molecule has 5 nitrogen and oxygen atoms in total. The van der Waals surface area contributed by atoms with Crippen molar-refractivity contribution in [2.75, 3.05) is 46.0 Å². The molecule has 1 aromatic rings. The summed E-state index contributed by atoms with van der Waals surface area (Å²) in [5.74, 6) is 1.14. The summed E-state index contributed by atoms with van der Waals surface area (Å²) in [5.41, 5.74) is 1.27. The van der Waals surface area contributed by atoms with Gasteiger partial charge in [-0.1, -0.05) is 26.0 Å². The van der Waals surface area contributed by atoms with Gasteiger partial charge < -0.3 is 14.8 Å². The van der Waals surface area contributed by atoms with Gasteiger partial charge in [0.1, 0.15) is 5.75 Å². The molecule has 0 saturated carbocycles. The van der Waals surface area contributed by atoms with Gasteiger partial charge in [0, 0.05) is 26.2 Å². The number of carbonyl (C=O) groups excluding carboxylic acids is 1. The van der Waals surface area contributed by atoms with Crippen molar-refractivity contribution >= 4 is 5.91 Å². The Morgan fingerprint density at radius 1 is 1.27 bits per heavy atom. The summed E-state index contributed by atoms with van der Waals surface area (Å²) in [5, 5.41) is 2.88. The Hall–Kier alpha value is -1.59. The van der Waals surface area contributed by atoms with E-state index in [-0.39, 0.29) is 12.5 Å². The number of carbonyl (C=O) groups is 1. The second kappa shape index (κ2) is 8.76. The lowest BCUT2D eigenvalue weighted by atomic mass is 10.0. The molecular weight excluding hydrogens is 280 g/mol. The van der Waals surface area contributed by atoms with Crippen LogP contribution in [0.25, 0.3) is 0 Å². The minimum absolute atomic E-state index is 0.0597. The van der Waals surface area contributed by atoms with Gasteiger partial charge in [-0.15, -0.1) is 0 Å². The average Bonchev–Trinajstić information content (AvgIpc) is 2.54. The number of benzene rings is 1. The molecule has 2 rings (SSSR count). The molecule has 0 atom stereocenters. The van der Waals surface area contributed by atoms with Gasteiger partial charge in [0.15, 0.2) is 6.61 Å². The average molecular weight is 306 g/mol. The summed E-state index contributed by atoms with van der Waals surface area (Å²) in [4.78, 5) is 14.0. The highest BCUT2D eigenvalue weighted by molar-refractivity contribution is 5.77. The topological polar surface area (TPSA) is 50.8 Å². The molecule has 1 aromatic carbocycles. The third kappa shape index (κ3) is 5.66. The fraction of sp³-hybridized carbons (Fsp3) is 0.588. The Labute approximate surface area is 132 Å². The Morgan fingerprint density at radius 3 is 2.59 bits per heavy atom. The van der Waals surface area contributed by atoms with Crippen molar-refractivity contribution in [2.24, 2.45) is 0 Å². The van der Waals surface area contributed by atoms with Crippen molar-refractivity contribution < 1.29 is 14.3 Å². The molecule has 1 amide bonds. The number of nitrogens with one attached hydrogen (secondary N) is 1. The lowest BCUT2D eigenvalue weighted by molar-refractivity contribution is -0.123. The number of amides is 1. The summed E-state index contributed by atoms with van der Waals surface area (Å²) in [6, 6.07) is 7.90. The van der Waals surface area contributed by atoms with Crippen LogP contribution in [0.15, 0.2) is 24.3 Å². The molecule has 0 aromatic heterocycles. The van der Waals surface area contributed by atoms with Gasteiger partial charge in [-0.3, -0.25) is 9.69 Å². The summed E-state index contributed by atoms with van der Waals surface area (Å²) in [7, 11) is 0. The Morgan fingerprint density at radius 2 is 1.95 bits per heavy atom. The molecule has 1 fully saturated rings. The molecule has 0 bridgehead atoms. The first-order valence-corrected chi connectivity index (χ1v) is 7.94. The first-order chi connectivity index (χ1) is 10.6. The molecule has 1 heterocycles. The number of rotatable bonds is 7. The highest BCUT2D eigenvalue weighted by Crippen LogP contribution is 2.18. The summed E-state index contributed by atoms with van der Waals surface area (Å²) in [6.07, 6.45) is 0. The highest BCUT2D eigenvalue weighted by atomic mass is 16.5. The van der Waals surface area contributed by atoms with Gasteiger partial charge in [-0.05, 0) is 23.6 Å². The van der Waals surface area contributed by atoms with Crippen LogP contribution in [-0.4, -0.2) is 56.8 Å². The van der Waals surface area contributed by atoms with Gasteiger partial charge in [-0.25, -0.2) is 0 Å². The highest BCUT2D eigenvalue weighted by Gasteiger charge is 2.10. The van der Waals surface area contributed by atoms with E-state index in [4.69, 9.17) is 9.47 Å². The standard InChI is InChI=1S/C17H26N2O3/c1-14(2)15-3-5-16(6-4-15)22-13-17(20)18-7-8-19-9-11-21-12-10-19/h3-6,14H,7-13H2,1-2H3,(H,18,20). The Balaban J connectivity index is 1.62. The van der Waals surface area contributed by atoms with Crippen molar-refractivity contribution in [3.63, 3.8) is 0 Å². The van der Waals surface area contributed by atoms with E-state index in [1.807, 2.05) is 24.3 Å². The first-order valence-electron chi connectivity index (χ1n) is 7.94. The Kier molecular flexibility index (Phi) is 6.68. The quantitative estimate of drug-likeness (QED) is 0.832. The zero-order valence-electron chi connectivity index (χ0n) is 13.5. The smallest absolute Gasteiger partial charge is 0.257 e. The maximum absolute atomic E-state index is 11.8. The molecular formula is C17H26N2O3. The van der Waals surface area contributed by atoms with Crippen molar-refractivity contribution in [3.8, 4) is 5.75 Å². The summed E-state index contributed by atoms with van der Waals surface area (Å²) in [6.45, 7) is 9.31. The third-order valence-corrected chi connectivity index (χ3v) is 3.77. The summed E-state index contributed by atoms with van der Waals surface area (Å²) >= 11 is 0. The van der Waals surface area contributed by atoms with Crippen molar-refractivity contribution in [2.45, 2.75) is 19.8 Å². The second-order valence-corrected chi connectivity index (χ2v) is 5.82. The van der Waals surface area contributed by atoms with E-state index in [0.717, 1.165) is 38.6 Å². The molecule has 1 aliphatic rings. The predicted molar refractivity (Wildman–Crippen MR) is 86.3 cm³/mol. The van der Waals surface area contributed by atoms with Gasteiger partial charge in [0.05, 0.1) is 13.2 Å². The fourth-order valence-electron chi connectivity index (χ4n) is 2.33. The summed E-state index contributed by atoms with van der Waals surface area (Å²) < 4.78 is 10.8. The van der Waals surface area contributed by atoms with E-state index in [1.54, 1.807) is 0 Å². The minimum Gasteiger partial charge on any atom is -0.484 e. The Bertz CT molecular complexity index is 453. The number of nitrogens with zero attached hydrogens (tertiary/aromatic N) is 1. The maximum Gasteiger partial charge on any atom is 0.257 e. The minimum atomic E-state index is -0.0822. The van der Waals surface area contributed by atoms with Crippen LogP contribution in [0.3, 0.4) is 0 Å². The largest absolute Gasteiger partial charge is 0.484 e. The predicted octanol–water partition coefficient (Wildman–Crippen LogP) is 1.64. The third-order valence-electron chi connectivity index (χ3n) is 3.77. The van der Waals surface area contributed by atoms with E-state index in [1.165, 1.54) is 5.56 Å². The number of hydrogen-bond donors (Lipinski definition) is 1. The maximum atomic E-state index is 11.8. The number of hydrogen-bond acceptors (Lipinski definition) is 4. The van der Waals surface area contributed by atoms with Crippen LogP contribution in [-0.2, 0) is 9.53 Å². The molecule has 0 radical (unpaired) electrons. The van der Waals surface area contributed by atoms with Crippen LogP contribution < -0.4 is 10.1 Å². The van der Waals surface area contributed by atoms with E-state index in [0.29, 0.717) is 12.5 Å². The molecule has 0 unspecified atom stereocenters. The van der Waals surface area contributed by atoms with Gasteiger partial charge in [0.2, 0.25) is 0 Å². The van der Waals surface area contributed by atoms with Gasteiger partial charge in [-0.2, -0.15) is 0 Å².